The molecular formula is C8H12O2. The molecule has 10 heavy (non-hydrogen) atoms. The molecule has 1 rings (SSSR count). The number of hydrogen-bond donors (Lipinski definition) is 1. The third-order valence-corrected chi connectivity index (χ3v) is 2.53. The summed E-state index contributed by atoms with van der Waals surface area (Å²) in [6.45, 7) is 7.64. The van der Waals surface area contributed by atoms with E-state index in [1.165, 1.54) is 0 Å². The molecule has 1 atom stereocenters. The molecule has 1 fully saturated rings. The van der Waals surface area contributed by atoms with Crippen LogP contribution >= 0.6 is 0 Å². The van der Waals surface area contributed by atoms with Gasteiger partial charge in [0.2, 0.25) is 0 Å². The maximum absolute atomic E-state index is 10.5. The van der Waals surface area contributed by atoms with Crippen LogP contribution in [0.15, 0.2) is 12.2 Å². The smallest absolute Gasteiger partial charge is 0.307 e. The zero-order valence-corrected chi connectivity index (χ0v) is 6.35. The van der Waals surface area contributed by atoms with Crippen LogP contribution in [0.4, 0.5) is 0 Å². The fraction of sp³-hybridized carbons (Fsp3) is 0.625. The summed E-state index contributed by atoms with van der Waals surface area (Å²) in [4.78, 5) is 10.5. The summed E-state index contributed by atoms with van der Waals surface area (Å²) in [6, 6.07) is 0. The predicted molar refractivity (Wildman–Crippen MR) is 38.7 cm³/mol. The lowest BCUT2D eigenvalue weighted by Crippen LogP contribution is -2.42. The highest BCUT2D eigenvalue weighted by Crippen LogP contribution is 2.49. The first kappa shape index (κ1) is 7.32. The molecule has 0 aliphatic heterocycles. The normalized spacial score (nSPS) is 29.4. The van der Waals surface area contributed by atoms with E-state index < -0.39 is 5.97 Å². The Morgan fingerprint density at radius 2 is 2.30 bits per heavy atom. The van der Waals surface area contributed by atoms with Crippen LogP contribution in [0.2, 0.25) is 0 Å². The van der Waals surface area contributed by atoms with E-state index in [-0.39, 0.29) is 11.3 Å². The Bertz CT molecular complexity index is 191. The Morgan fingerprint density at radius 3 is 2.40 bits per heavy atom. The molecule has 56 valence electrons. The minimum atomic E-state index is -0.697. The molecule has 1 N–H and O–H groups in total. The van der Waals surface area contributed by atoms with Crippen molar-refractivity contribution in [2.45, 2.75) is 20.3 Å². The van der Waals surface area contributed by atoms with Crippen LogP contribution < -0.4 is 0 Å². The molecule has 0 radical (unpaired) electrons. The van der Waals surface area contributed by atoms with Crippen molar-refractivity contribution in [1.29, 1.82) is 0 Å². The molecule has 1 saturated carbocycles. The van der Waals surface area contributed by atoms with E-state index in [4.69, 9.17) is 5.11 Å². The molecule has 0 bridgehead atoms. The third kappa shape index (κ3) is 0.753. The van der Waals surface area contributed by atoms with Crippen LogP contribution in [0.1, 0.15) is 20.3 Å². The highest BCUT2D eigenvalue weighted by Gasteiger charge is 2.46. The SMILES string of the molecule is C=C1CC(C(=O)O)C1(C)C. The average Bonchev–Trinajstić information content (AvgIpc) is 1.82. The van der Waals surface area contributed by atoms with E-state index >= 15 is 0 Å². The number of aliphatic carboxylic acids is 1. The Balaban J connectivity index is 2.72. The molecule has 0 aromatic heterocycles. The van der Waals surface area contributed by atoms with E-state index in [0.717, 1.165) is 5.57 Å². The summed E-state index contributed by atoms with van der Waals surface area (Å²) in [5.74, 6) is -0.905. The first-order chi connectivity index (χ1) is 4.46. The van der Waals surface area contributed by atoms with Crippen molar-refractivity contribution in [3.05, 3.63) is 12.2 Å². The molecule has 0 aromatic carbocycles. The molecular weight excluding hydrogens is 128 g/mol. The minimum Gasteiger partial charge on any atom is -0.481 e. The van der Waals surface area contributed by atoms with Gasteiger partial charge in [-0.15, -0.1) is 0 Å². The van der Waals surface area contributed by atoms with Crippen molar-refractivity contribution in [3.8, 4) is 0 Å². The quantitative estimate of drug-likeness (QED) is 0.562. The second-order valence-corrected chi connectivity index (χ2v) is 3.42. The van der Waals surface area contributed by atoms with E-state index in [1.807, 2.05) is 13.8 Å². The fourth-order valence-corrected chi connectivity index (χ4v) is 1.28. The van der Waals surface area contributed by atoms with Gasteiger partial charge in [-0.25, -0.2) is 0 Å². The van der Waals surface area contributed by atoms with Gasteiger partial charge >= 0.3 is 5.97 Å². The molecule has 1 unspecified atom stereocenters. The Morgan fingerprint density at radius 1 is 1.80 bits per heavy atom. The van der Waals surface area contributed by atoms with Gasteiger partial charge in [0, 0.05) is 0 Å². The van der Waals surface area contributed by atoms with Crippen LogP contribution in [0.25, 0.3) is 0 Å². The van der Waals surface area contributed by atoms with E-state index in [0.29, 0.717) is 6.42 Å². The summed E-state index contributed by atoms with van der Waals surface area (Å²) in [7, 11) is 0. The number of hydrogen-bond acceptors (Lipinski definition) is 1. The Hall–Kier alpha value is -0.790. The molecule has 0 spiro atoms. The van der Waals surface area contributed by atoms with Crippen molar-refractivity contribution < 1.29 is 9.90 Å². The summed E-state index contributed by atoms with van der Waals surface area (Å²) < 4.78 is 0. The van der Waals surface area contributed by atoms with Gasteiger partial charge in [0.25, 0.3) is 0 Å². The van der Waals surface area contributed by atoms with Crippen molar-refractivity contribution in [3.63, 3.8) is 0 Å². The zero-order valence-electron chi connectivity index (χ0n) is 6.35. The van der Waals surface area contributed by atoms with Gasteiger partial charge in [-0.3, -0.25) is 4.79 Å². The molecule has 0 heterocycles. The van der Waals surface area contributed by atoms with Gasteiger partial charge in [-0.1, -0.05) is 26.0 Å². The molecule has 0 aromatic rings. The van der Waals surface area contributed by atoms with E-state index in [1.54, 1.807) is 0 Å². The standard InChI is InChI=1S/C8H12O2/c1-5-4-6(7(9)10)8(5,2)3/h6H,1,4H2,2-3H3,(H,9,10). The van der Waals surface area contributed by atoms with E-state index in [9.17, 15) is 4.79 Å². The van der Waals surface area contributed by atoms with Crippen molar-refractivity contribution in [1.82, 2.24) is 0 Å². The van der Waals surface area contributed by atoms with Gasteiger partial charge in [0.1, 0.15) is 0 Å². The average molecular weight is 140 g/mol. The maximum atomic E-state index is 10.5. The molecule has 1 aliphatic carbocycles. The number of allylic oxidation sites excluding steroid dienone is 1. The second-order valence-electron chi connectivity index (χ2n) is 3.42. The molecule has 0 amide bonds. The van der Waals surface area contributed by atoms with Gasteiger partial charge in [-0.2, -0.15) is 0 Å². The zero-order chi connectivity index (χ0) is 7.94. The molecule has 2 heteroatoms. The van der Waals surface area contributed by atoms with E-state index in [2.05, 4.69) is 6.58 Å². The number of carboxylic acid groups (broad SMARTS) is 1. The van der Waals surface area contributed by atoms with Gasteiger partial charge < -0.3 is 5.11 Å². The lowest BCUT2D eigenvalue weighted by Gasteiger charge is -2.44. The lowest BCUT2D eigenvalue weighted by molar-refractivity contribution is -0.148. The molecule has 2 nitrogen and oxygen atoms in total. The highest BCUT2D eigenvalue weighted by atomic mass is 16.4. The highest BCUT2D eigenvalue weighted by molar-refractivity contribution is 5.74. The number of carboxylic acids is 1. The summed E-state index contributed by atoms with van der Waals surface area (Å²) in [5, 5.41) is 8.65. The van der Waals surface area contributed by atoms with Crippen molar-refractivity contribution >= 4 is 5.97 Å². The predicted octanol–water partition coefficient (Wildman–Crippen LogP) is 1.67. The minimum absolute atomic E-state index is 0.175. The Kier molecular flexibility index (Phi) is 1.35. The van der Waals surface area contributed by atoms with Gasteiger partial charge in [-0.05, 0) is 11.8 Å². The Labute approximate surface area is 60.6 Å². The summed E-state index contributed by atoms with van der Waals surface area (Å²) in [6.07, 6.45) is 0.655. The summed E-state index contributed by atoms with van der Waals surface area (Å²) >= 11 is 0. The van der Waals surface area contributed by atoms with Crippen LogP contribution in [0, 0.1) is 11.3 Å². The van der Waals surface area contributed by atoms with Crippen LogP contribution in [-0.4, -0.2) is 11.1 Å². The van der Waals surface area contributed by atoms with Crippen LogP contribution in [0.3, 0.4) is 0 Å². The van der Waals surface area contributed by atoms with Crippen molar-refractivity contribution in [2.75, 3.05) is 0 Å². The first-order valence-electron chi connectivity index (χ1n) is 3.37. The van der Waals surface area contributed by atoms with Crippen LogP contribution in [-0.2, 0) is 4.79 Å². The van der Waals surface area contributed by atoms with Gasteiger partial charge in [0.05, 0.1) is 5.92 Å². The topological polar surface area (TPSA) is 37.3 Å². The first-order valence-corrected chi connectivity index (χ1v) is 3.37. The monoisotopic (exact) mass is 140 g/mol. The largest absolute Gasteiger partial charge is 0.481 e. The number of rotatable bonds is 1. The molecule has 0 saturated heterocycles. The third-order valence-electron chi connectivity index (χ3n) is 2.53. The number of carbonyl (C=O) groups is 1. The second kappa shape index (κ2) is 1.84. The van der Waals surface area contributed by atoms with Gasteiger partial charge in [0.15, 0.2) is 0 Å². The van der Waals surface area contributed by atoms with Crippen LogP contribution in [0.5, 0.6) is 0 Å². The fourth-order valence-electron chi connectivity index (χ4n) is 1.28. The maximum Gasteiger partial charge on any atom is 0.307 e. The lowest BCUT2D eigenvalue weighted by atomic mass is 9.59. The van der Waals surface area contributed by atoms with Crippen molar-refractivity contribution in [2.24, 2.45) is 11.3 Å². The summed E-state index contributed by atoms with van der Waals surface area (Å²) in [5.41, 5.74) is 0.881. The molecule has 1 aliphatic rings.